The van der Waals surface area contributed by atoms with E-state index in [2.05, 4.69) is 0 Å². The van der Waals surface area contributed by atoms with Crippen LogP contribution in [-0.4, -0.2) is 201 Å². The van der Waals surface area contributed by atoms with Crippen LogP contribution in [0, 0.1) is 70.8 Å². The number of piperidine rings is 4. The normalized spacial score (nSPS) is 46.4. The number of hydrogen-bond acceptors (Lipinski definition) is 24. The Kier molecular flexibility index (Phi) is 13.5. The van der Waals surface area contributed by atoms with Crippen LogP contribution in [0.15, 0.2) is 48.5 Å². The van der Waals surface area contributed by atoms with Gasteiger partial charge in [-0.1, -0.05) is 110 Å². The standard InChI is InChI=1S/4C24H38N2O4/c4*1-14(2)9-17-13-26-8-7-16-10-21(28-5)22(29-6)11-18(16)19(26)12-20(17)30-24(27)23(25)15(3)4/h4*10-11,14-15,17,19-20,23H,7-9,12-13,25H2,1-6H3/t4*17?,19?,20?,23-/m0000/s1/i3D3,4D3,7D2,8D2,12D2,13D2,15D,17D,20D,23D;2*3D3,4D3,5D3,7D2,8D2,12D2,13D2,15D,17D,23D;3D3,4D3,7D2,8D2,12D2,13D2,15D,17D,23D. The molecule has 16 atom stereocenters. The summed E-state index contributed by atoms with van der Waals surface area (Å²) in [5, 5.41) is 0. The number of nitrogens with zero attached hydrogens (tertiary/aromatic N) is 4. The van der Waals surface area contributed by atoms with Crippen molar-refractivity contribution in [1.29, 1.82) is 0 Å². The van der Waals surface area contributed by atoms with Crippen molar-refractivity contribution < 1.29 is 179 Å². The van der Waals surface area contributed by atoms with Crippen LogP contribution in [0.5, 0.6) is 46.0 Å². The molecule has 0 saturated carbocycles. The van der Waals surface area contributed by atoms with Crippen molar-refractivity contribution in [2.45, 2.75) is 260 Å². The van der Waals surface area contributed by atoms with Crippen LogP contribution >= 0.6 is 0 Å². The van der Waals surface area contributed by atoms with Crippen molar-refractivity contribution in [3.63, 3.8) is 0 Å². The highest BCUT2D eigenvalue weighted by molar-refractivity contribution is 5.77. The summed E-state index contributed by atoms with van der Waals surface area (Å²) >= 11 is 0. The largest absolute Gasteiger partial charge is 0.493 e. The number of methoxy groups -OCH3 is 8. The van der Waals surface area contributed by atoms with Gasteiger partial charge in [-0.15, -0.1) is 0 Å². The predicted octanol–water partition coefficient (Wildman–Crippen LogP) is 14.3. The van der Waals surface area contributed by atoms with Crippen LogP contribution in [0.4, 0.5) is 0 Å². The fraction of sp³-hybridized carbons (Fsp3) is 0.708. The van der Waals surface area contributed by atoms with Crippen LogP contribution in [0.3, 0.4) is 0 Å². The highest BCUT2D eigenvalue weighted by Gasteiger charge is 2.47. The Bertz CT molecular complexity index is 7260. The minimum absolute atomic E-state index is 0.0837. The first-order chi connectivity index (χ1) is 85.8. The van der Waals surface area contributed by atoms with Crippen molar-refractivity contribution >= 4 is 23.9 Å². The van der Waals surface area contributed by atoms with E-state index in [1.807, 2.05) is 0 Å². The van der Waals surface area contributed by atoms with Gasteiger partial charge in [0.25, 0.3) is 0 Å². The van der Waals surface area contributed by atoms with Gasteiger partial charge in [0.2, 0.25) is 0 Å². The van der Waals surface area contributed by atoms with Gasteiger partial charge in [-0.25, -0.2) is 0 Å². The minimum atomic E-state index is -4.16. The van der Waals surface area contributed by atoms with Crippen molar-refractivity contribution in [3.05, 3.63) is 93.0 Å². The van der Waals surface area contributed by atoms with E-state index in [9.17, 15) is 45.2 Å². The number of aryl methyl sites for hydroxylation is 4. The quantitative estimate of drug-likeness (QED) is 0.0303. The summed E-state index contributed by atoms with van der Waals surface area (Å²) in [6, 6.07) is -18.2. The average Bonchev–Trinajstić information content (AvgIpc) is 0.663. The van der Waals surface area contributed by atoms with E-state index in [4.69, 9.17) is 157 Å². The first-order valence-electron chi connectivity index (χ1n) is 74.3. The molecule has 12 unspecified atom stereocenters. The third-order valence-corrected chi connectivity index (χ3v) is 18.2. The van der Waals surface area contributed by atoms with E-state index in [-0.39, 0.29) is 48.2 Å². The highest BCUT2D eigenvalue weighted by Crippen LogP contribution is 2.50. The maximum absolute atomic E-state index is 13.7. The number of fused-ring (bicyclic) bond motifs is 12. The summed E-state index contributed by atoms with van der Waals surface area (Å²) in [4.78, 5) is 55.4. The Morgan fingerprint density at radius 3 is 0.825 bits per heavy atom. The molecule has 12 rings (SSSR count). The third-order valence-electron chi connectivity index (χ3n) is 18.2. The van der Waals surface area contributed by atoms with Crippen LogP contribution < -0.4 is 60.8 Å². The molecule has 0 radical (unpaired) electrons. The Labute approximate surface area is 824 Å². The fourth-order valence-corrected chi connectivity index (χ4v) is 12.6. The second kappa shape index (κ2) is 43.9. The topological polar surface area (TPSA) is 296 Å². The lowest BCUT2D eigenvalue weighted by molar-refractivity contribution is -0.161. The molecule has 672 valence electrons. The smallest absolute Gasteiger partial charge is 0.323 e. The summed E-state index contributed by atoms with van der Waals surface area (Å²) in [5.41, 5.74) is 18.1. The maximum atomic E-state index is 13.7. The first kappa shape index (κ1) is 36.8. The van der Waals surface area contributed by atoms with E-state index >= 15 is 0 Å². The Morgan fingerprint density at radius 1 is 0.358 bits per heavy atom. The Morgan fingerprint density at radius 2 is 0.583 bits per heavy atom. The minimum Gasteiger partial charge on any atom is -0.493 e. The summed E-state index contributed by atoms with van der Waals surface area (Å²) in [6.45, 7) is -48.2. The summed E-state index contributed by atoms with van der Waals surface area (Å²) in [6.07, 6.45) is -41.8. The second-order valence-electron chi connectivity index (χ2n) is 28.8. The van der Waals surface area contributed by atoms with E-state index < -0.39 is 427 Å². The molecule has 4 saturated heterocycles. The molecule has 120 heavy (non-hydrogen) atoms. The molecule has 4 aromatic carbocycles. The molecule has 0 amide bonds. The van der Waals surface area contributed by atoms with Crippen molar-refractivity contribution in [2.75, 3.05) is 109 Å². The van der Waals surface area contributed by atoms with E-state index in [1.54, 1.807) is 0 Å². The zero-order valence-corrected chi connectivity index (χ0v) is 67.9. The number of carbonyl (C=O) groups is 4. The molecule has 4 aromatic rings. The number of esters is 4. The molecule has 0 bridgehead atoms. The number of rotatable bonds is 28. The summed E-state index contributed by atoms with van der Waals surface area (Å²) < 4.78 is 694. The number of carbonyl (C=O) groups excluding carboxylic acids is 4. The first-order valence-corrected chi connectivity index (χ1v) is 36.8. The van der Waals surface area contributed by atoms with Crippen molar-refractivity contribution in [1.82, 2.24) is 19.6 Å². The van der Waals surface area contributed by atoms with Gasteiger partial charge in [-0.3, -0.25) is 38.8 Å². The van der Waals surface area contributed by atoms with Gasteiger partial charge in [0.15, 0.2) is 46.0 Å². The third kappa shape index (κ3) is 23.8. The lowest BCUT2D eigenvalue weighted by Gasteiger charge is -2.47. The monoisotopic (exact) mass is 1750 g/mol. The molecule has 8 aliphatic rings. The Hall–Kier alpha value is -7.16. The summed E-state index contributed by atoms with van der Waals surface area (Å²) in [7, 11) is 0.577. The van der Waals surface area contributed by atoms with Gasteiger partial charge in [-0.05, 0) is 191 Å². The molecule has 8 heterocycles. The van der Waals surface area contributed by atoms with Crippen molar-refractivity contribution in [3.8, 4) is 46.0 Å². The molecule has 8 aliphatic heterocycles. The maximum Gasteiger partial charge on any atom is 0.323 e. The van der Waals surface area contributed by atoms with Crippen LogP contribution in [0.25, 0.3) is 0 Å². The fourth-order valence-electron chi connectivity index (χ4n) is 12.6. The van der Waals surface area contributed by atoms with Crippen LogP contribution in [0.2, 0.25) is 0 Å². The lowest BCUT2D eigenvalue weighted by Crippen LogP contribution is -2.51. The van der Waals surface area contributed by atoms with E-state index in [0.29, 0.717) is 0 Å². The number of nitrogens with two attached hydrogens (primary N) is 4. The molecule has 0 aliphatic carbocycles. The molecule has 4 fully saturated rings. The van der Waals surface area contributed by atoms with E-state index in [1.165, 1.54) is 83.8 Å². The van der Waals surface area contributed by atoms with Gasteiger partial charge in [0.05, 0.1) is 71.8 Å². The predicted molar refractivity (Wildman–Crippen MR) is 471 cm³/mol. The molecule has 24 nitrogen and oxygen atoms in total. The van der Waals surface area contributed by atoms with Crippen LogP contribution in [0.1, 0.15) is 333 Å². The van der Waals surface area contributed by atoms with E-state index in [0.717, 1.165) is 62.8 Å². The number of benzene rings is 4. The number of hydrogen-bond donors (Lipinski definition) is 4. The summed E-state index contributed by atoms with van der Waals surface area (Å²) in [5.74, 6) is -44.3. The molecule has 8 N–H and O–H groups in total. The number of ether oxygens (including phenoxy) is 12. The molecule has 0 spiro atoms. The second-order valence-corrected chi connectivity index (χ2v) is 28.8. The van der Waals surface area contributed by atoms with Gasteiger partial charge < -0.3 is 79.8 Å². The van der Waals surface area contributed by atoms with Gasteiger partial charge >= 0.3 is 23.9 Å². The van der Waals surface area contributed by atoms with Gasteiger partial charge in [0.1, 0.15) is 48.5 Å². The molecule has 24 heteroatoms. The Balaban J connectivity index is 0.000000282. The van der Waals surface area contributed by atoms with Crippen LogP contribution in [-0.2, 0) is 63.6 Å². The van der Waals surface area contributed by atoms with Gasteiger partial charge in [0, 0.05) is 213 Å². The molecular formula is C96H152N8O16. The molecule has 0 aromatic heterocycles. The molecular weight excluding hydrogens is 1520 g/mol. The van der Waals surface area contributed by atoms with Crippen molar-refractivity contribution in [2.24, 2.45) is 93.8 Å². The average molecular weight is 1750 g/mol. The zero-order chi connectivity index (χ0) is 154. The zero-order valence-electron chi connectivity index (χ0n) is 143. The SMILES string of the molecule is [2H]C([2H])([2H])C([2H])(C([2H])([2H])[2H])[C@]([2H])(N)C(=O)OC1([2H])C([2H])([2H])C2c3cc(OC)c(OC)cc3C([2H])([2H])C([2H])([2H])N2C([2H])([2H])C1([2H])CC(C)C.[2H]C([2H])([2H])Oc1cc2c(cc1OC)C1N(C([2H])([2H])C2([2H])[2H])C([2H])([2H])C([2H])(CC(C)C)C(OC(=O)[C@@]([2H])(N)C([2H])(C([2H])([2H])[2H])C([2H])([2H])[2H])C1([2H])[2H].[2H]C([2H])([2H])Oc1cc2c(cc1OC)C1N(C([2H])([2H])C2([2H])[2H])C([2H])([2H])C([2H])(CC(C)C)C(OC(=O)[C@@]([2H])(N)C([2H])(C([2H])([2H])[2H])C([2H])([2H])[2H])C1([2H])[2H].[2H]C1([2H])C2c3cc(OC)c(OC)cc3C([2H])([2H])C([2H])([2H])N2C([2H])([2H])C([2H])(CC(C)C)C1OC(=O)[C@@]([2H])(N)C([2H])(C([2H])([2H])[2H])C([2H])([2H])[2H]. The lowest BCUT2D eigenvalue weighted by atomic mass is 9.79. The van der Waals surface area contributed by atoms with Gasteiger partial charge in [-0.2, -0.15) is 0 Å². The highest BCUT2D eigenvalue weighted by atomic mass is 16.6.